The molecular formula is C27H25ClN2O5. The average molecular weight is 493 g/mol. The molecule has 0 radical (unpaired) electrons. The number of nitrogens with one attached hydrogen (secondary N) is 1. The summed E-state index contributed by atoms with van der Waals surface area (Å²) < 4.78 is 17.0. The maximum atomic E-state index is 12.8. The van der Waals surface area contributed by atoms with Crippen LogP contribution in [0.4, 0.5) is 5.69 Å². The number of halogens is 1. The second-order valence-electron chi connectivity index (χ2n) is 7.87. The number of amides is 2. The summed E-state index contributed by atoms with van der Waals surface area (Å²) >= 11 is 6.46. The molecule has 3 aromatic carbocycles. The first-order valence-corrected chi connectivity index (χ1v) is 11.5. The Balaban J connectivity index is 1.41. The van der Waals surface area contributed by atoms with E-state index < -0.39 is 11.8 Å². The fourth-order valence-electron chi connectivity index (χ4n) is 3.50. The van der Waals surface area contributed by atoms with Gasteiger partial charge >= 0.3 is 0 Å². The van der Waals surface area contributed by atoms with Crippen LogP contribution < -0.4 is 24.6 Å². The Kier molecular flexibility index (Phi) is 7.57. The molecule has 0 atom stereocenters. The lowest BCUT2D eigenvalue weighted by Crippen LogP contribution is -2.35. The number of hydrazine groups is 1. The minimum Gasteiger partial charge on any atom is -0.493 e. The van der Waals surface area contributed by atoms with Crippen molar-refractivity contribution >= 4 is 35.2 Å². The van der Waals surface area contributed by atoms with E-state index in [1.807, 2.05) is 37.3 Å². The highest BCUT2D eigenvalue weighted by molar-refractivity contribution is 6.33. The minimum absolute atomic E-state index is 0.00565. The summed E-state index contributed by atoms with van der Waals surface area (Å²) in [5, 5.41) is 1.52. The van der Waals surface area contributed by atoms with Crippen LogP contribution in [0.3, 0.4) is 0 Å². The largest absolute Gasteiger partial charge is 0.493 e. The zero-order chi connectivity index (χ0) is 24.8. The number of carbonyl (C=O) groups excluding carboxylic acids is 2. The van der Waals surface area contributed by atoms with Crippen molar-refractivity contribution in [2.24, 2.45) is 0 Å². The van der Waals surface area contributed by atoms with Crippen LogP contribution in [0.5, 0.6) is 17.2 Å². The van der Waals surface area contributed by atoms with Gasteiger partial charge in [-0.05, 0) is 55.0 Å². The van der Waals surface area contributed by atoms with Gasteiger partial charge in [-0.1, -0.05) is 47.5 Å². The predicted molar refractivity (Wildman–Crippen MR) is 135 cm³/mol. The highest BCUT2D eigenvalue weighted by atomic mass is 35.5. The maximum Gasteiger partial charge on any atom is 0.282 e. The Morgan fingerprint density at radius 2 is 1.69 bits per heavy atom. The molecule has 35 heavy (non-hydrogen) atoms. The Labute approximate surface area is 208 Å². The van der Waals surface area contributed by atoms with Crippen LogP contribution >= 0.6 is 11.6 Å². The first-order chi connectivity index (χ1) is 17.0. The number of benzene rings is 3. The van der Waals surface area contributed by atoms with Gasteiger partial charge in [0.2, 0.25) is 0 Å². The molecule has 0 unspecified atom stereocenters. The zero-order valence-electron chi connectivity index (χ0n) is 19.4. The molecular weight excluding hydrogens is 468 g/mol. The molecule has 4 rings (SSSR count). The summed E-state index contributed by atoms with van der Waals surface area (Å²) in [5.41, 5.74) is 4.85. The van der Waals surface area contributed by atoms with Crippen molar-refractivity contribution in [2.75, 3.05) is 25.3 Å². The number of anilines is 1. The third-order valence-electron chi connectivity index (χ3n) is 5.29. The molecule has 7 nitrogen and oxygen atoms in total. The van der Waals surface area contributed by atoms with Gasteiger partial charge in [-0.3, -0.25) is 15.0 Å². The number of methoxy groups -OCH3 is 1. The lowest BCUT2D eigenvalue weighted by Gasteiger charge is -2.14. The fourth-order valence-corrected chi connectivity index (χ4v) is 3.78. The molecule has 0 spiro atoms. The van der Waals surface area contributed by atoms with E-state index in [1.165, 1.54) is 23.8 Å². The number of para-hydroxylation sites is 1. The summed E-state index contributed by atoms with van der Waals surface area (Å²) in [6.45, 7) is 2.88. The van der Waals surface area contributed by atoms with Gasteiger partial charge in [-0.15, -0.1) is 0 Å². The summed E-state index contributed by atoms with van der Waals surface area (Å²) in [4.78, 5) is 25.3. The van der Waals surface area contributed by atoms with E-state index in [2.05, 4.69) is 5.43 Å². The molecule has 1 N–H and O–H groups in total. The fraction of sp³-hybridized carbons (Fsp3) is 0.185. The first-order valence-electron chi connectivity index (χ1n) is 11.1. The molecule has 0 aromatic heterocycles. The van der Waals surface area contributed by atoms with Crippen LogP contribution in [0.15, 0.2) is 72.3 Å². The van der Waals surface area contributed by atoms with Gasteiger partial charge in [-0.2, -0.15) is 0 Å². The third-order valence-corrected chi connectivity index (χ3v) is 5.57. The highest BCUT2D eigenvalue weighted by Gasteiger charge is 2.34. The maximum absolute atomic E-state index is 12.8. The van der Waals surface area contributed by atoms with Gasteiger partial charge in [-0.25, -0.2) is 5.01 Å². The molecule has 1 heterocycles. The van der Waals surface area contributed by atoms with Crippen molar-refractivity contribution in [1.82, 2.24) is 5.43 Å². The zero-order valence-corrected chi connectivity index (χ0v) is 20.2. The van der Waals surface area contributed by atoms with Crippen molar-refractivity contribution in [3.8, 4) is 17.2 Å². The molecule has 0 saturated carbocycles. The number of rotatable bonds is 9. The SMILES string of the molecule is COc1cc(C=C2C(=O)NN(c3ccccc3)C2=O)cc(Cl)c1OCCCOc1ccc(C)cc1. The lowest BCUT2D eigenvalue weighted by atomic mass is 10.1. The topological polar surface area (TPSA) is 77.1 Å². The number of hydrogen-bond acceptors (Lipinski definition) is 5. The summed E-state index contributed by atoms with van der Waals surface area (Å²) in [5.74, 6) is 0.641. The van der Waals surface area contributed by atoms with E-state index in [4.69, 9.17) is 25.8 Å². The number of nitrogens with zero attached hydrogens (tertiary/aromatic N) is 1. The van der Waals surface area contributed by atoms with Crippen LogP contribution in [-0.4, -0.2) is 32.1 Å². The second-order valence-corrected chi connectivity index (χ2v) is 8.28. The van der Waals surface area contributed by atoms with Gasteiger partial charge in [0.05, 0.1) is 31.0 Å². The first kappa shape index (κ1) is 24.2. The minimum atomic E-state index is -0.497. The molecule has 0 aliphatic carbocycles. The van der Waals surface area contributed by atoms with Gasteiger partial charge in [0.1, 0.15) is 11.3 Å². The Bertz CT molecular complexity index is 1240. The van der Waals surface area contributed by atoms with E-state index >= 15 is 0 Å². The summed E-state index contributed by atoms with van der Waals surface area (Å²) in [7, 11) is 1.50. The molecule has 1 saturated heterocycles. The molecule has 2 amide bonds. The smallest absolute Gasteiger partial charge is 0.282 e. The van der Waals surface area contributed by atoms with Crippen LogP contribution in [0.2, 0.25) is 5.02 Å². The van der Waals surface area contributed by atoms with E-state index in [9.17, 15) is 9.59 Å². The molecule has 1 aliphatic rings. The molecule has 0 bridgehead atoms. The van der Waals surface area contributed by atoms with Crippen LogP contribution in [0.25, 0.3) is 6.08 Å². The third kappa shape index (κ3) is 5.75. The van der Waals surface area contributed by atoms with Crippen LogP contribution in [-0.2, 0) is 9.59 Å². The quantitative estimate of drug-likeness (QED) is 0.259. The molecule has 8 heteroatoms. The number of ether oxygens (including phenoxy) is 3. The highest BCUT2D eigenvalue weighted by Crippen LogP contribution is 2.37. The monoisotopic (exact) mass is 492 g/mol. The number of aryl methyl sites for hydroxylation is 1. The van der Waals surface area contributed by atoms with Gasteiger partial charge in [0.25, 0.3) is 11.8 Å². The van der Waals surface area contributed by atoms with E-state index in [1.54, 1.807) is 36.4 Å². The predicted octanol–water partition coefficient (Wildman–Crippen LogP) is 4.97. The van der Waals surface area contributed by atoms with E-state index in [0.29, 0.717) is 47.4 Å². The van der Waals surface area contributed by atoms with Crippen molar-refractivity contribution < 1.29 is 23.8 Å². The molecule has 3 aromatic rings. The Hall–Kier alpha value is -3.97. The van der Waals surface area contributed by atoms with Gasteiger partial charge in [0, 0.05) is 6.42 Å². The second kappa shape index (κ2) is 11.0. The standard InChI is InChI=1S/C27H25ClN2O5/c1-18-9-11-21(12-10-18)34-13-6-14-35-25-23(28)16-19(17-24(25)33-2)15-22-26(31)29-30(27(22)32)20-7-4-3-5-8-20/h3-5,7-12,15-17H,6,13-14H2,1-2H3,(H,29,31). The van der Waals surface area contributed by atoms with Gasteiger partial charge in [0.15, 0.2) is 11.5 Å². The molecule has 1 fully saturated rings. The van der Waals surface area contributed by atoms with Crippen molar-refractivity contribution in [2.45, 2.75) is 13.3 Å². The normalized spacial score (nSPS) is 14.3. The summed E-state index contributed by atoms with van der Waals surface area (Å²) in [6.07, 6.45) is 2.12. The van der Waals surface area contributed by atoms with E-state index in [0.717, 1.165) is 5.75 Å². The molecule has 180 valence electrons. The number of carbonyl (C=O) groups is 2. The average Bonchev–Trinajstić information content (AvgIpc) is 3.14. The number of hydrogen-bond donors (Lipinski definition) is 1. The van der Waals surface area contributed by atoms with E-state index in [-0.39, 0.29) is 5.57 Å². The van der Waals surface area contributed by atoms with Crippen molar-refractivity contribution in [3.05, 3.63) is 88.5 Å². The van der Waals surface area contributed by atoms with Crippen LogP contribution in [0.1, 0.15) is 17.5 Å². The Morgan fingerprint density at radius 3 is 2.40 bits per heavy atom. The lowest BCUT2D eigenvalue weighted by molar-refractivity contribution is -0.117. The summed E-state index contributed by atoms with van der Waals surface area (Å²) in [6, 6.07) is 20.0. The van der Waals surface area contributed by atoms with Crippen molar-refractivity contribution in [3.63, 3.8) is 0 Å². The van der Waals surface area contributed by atoms with Gasteiger partial charge < -0.3 is 14.2 Å². The molecule has 1 aliphatic heterocycles. The van der Waals surface area contributed by atoms with Crippen LogP contribution in [0, 0.1) is 6.92 Å². The van der Waals surface area contributed by atoms with Crippen molar-refractivity contribution in [1.29, 1.82) is 0 Å². The Morgan fingerprint density at radius 1 is 0.971 bits per heavy atom.